The number of carbonyl (C=O) groups excluding carboxylic acids is 1. The van der Waals surface area contributed by atoms with E-state index in [1.807, 2.05) is 25.7 Å². The van der Waals surface area contributed by atoms with Gasteiger partial charge in [-0.25, -0.2) is 4.79 Å². The zero-order chi connectivity index (χ0) is 15.3. The van der Waals surface area contributed by atoms with E-state index < -0.39 is 5.60 Å². The summed E-state index contributed by atoms with van der Waals surface area (Å²) in [6.07, 6.45) is 6.99. The number of aromatic nitrogens is 2. The van der Waals surface area contributed by atoms with Gasteiger partial charge in [0.2, 0.25) is 0 Å². The van der Waals surface area contributed by atoms with Gasteiger partial charge in [-0.15, -0.1) is 0 Å². The first-order valence-electron chi connectivity index (χ1n) is 7.41. The normalized spacial score (nSPS) is 14.8. The molecule has 1 aliphatic carbocycles. The van der Waals surface area contributed by atoms with E-state index in [4.69, 9.17) is 4.74 Å². The maximum Gasteiger partial charge on any atom is 0.410 e. The van der Waals surface area contributed by atoms with Gasteiger partial charge in [-0.3, -0.25) is 9.97 Å². The number of hydrogen-bond acceptors (Lipinski definition) is 5. The molecule has 6 nitrogen and oxygen atoms in total. The van der Waals surface area contributed by atoms with Crippen LogP contribution >= 0.6 is 0 Å². The van der Waals surface area contributed by atoms with Crippen molar-refractivity contribution in [1.82, 2.24) is 20.2 Å². The third kappa shape index (κ3) is 5.67. The molecule has 1 fully saturated rings. The first-order chi connectivity index (χ1) is 9.96. The highest BCUT2D eigenvalue weighted by molar-refractivity contribution is 5.69. The minimum absolute atomic E-state index is 0.216. The van der Waals surface area contributed by atoms with Crippen LogP contribution in [0.5, 0.6) is 0 Å². The van der Waals surface area contributed by atoms with Gasteiger partial charge in [-0.05, 0) is 33.6 Å². The van der Waals surface area contributed by atoms with E-state index in [1.165, 1.54) is 0 Å². The minimum atomic E-state index is -0.447. The van der Waals surface area contributed by atoms with Crippen LogP contribution in [0, 0.1) is 0 Å². The van der Waals surface area contributed by atoms with Gasteiger partial charge in [-0.1, -0.05) is 0 Å². The second-order valence-corrected chi connectivity index (χ2v) is 6.28. The van der Waals surface area contributed by atoms with E-state index in [-0.39, 0.29) is 6.09 Å². The summed E-state index contributed by atoms with van der Waals surface area (Å²) in [4.78, 5) is 22.2. The van der Waals surface area contributed by atoms with E-state index in [1.54, 1.807) is 18.6 Å². The smallest absolute Gasteiger partial charge is 0.410 e. The number of amides is 1. The molecule has 0 bridgehead atoms. The number of rotatable bonds is 6. The molecule has 1 saturated carbocycles. The molecule has 1 aromatic rings. The molecule has 0 radical (unpaired) electrons. The summed E-state index contributed by atoms with van der Waals surface area (Å²) < 4.78 is 5.45. The molecule has 1 N–H and O–H groups in total. The molecule has 1 amide bonds. The van der Waals surface area contributed by atoms with E-state index in [9.17, 15) is 4.79 Å². The van der Waals surface area contributed by atoms with Crippen molar-refractivity contribution < 1.29 is 9.53 Å². The first-order valence-corrected chi connectivity index (χ1v) is 7.41. The van der Waals surface area contributed by atoms with Crippen LogP contribution in [0.2, 0.25) is 0 Å². The van der Waals surface area contributed by atoms with Crippen molar-refractivity contribution in [2.45, 2.75) is 51.8 Å². The molecule has 0 unspecified atom stereocenters. The van der Waals surface area contributed by atoms with Gasteiger partial charge in [0.05, 0.1) is 5.69 Å². The van der Waals surface area contributed by atoms with E-state index in [2.05, 4.69) is 15.3 Å². The summed E-state index contributed by atoms with van der Waals surface area (Å²) >= 11 is 0. The molecule has 0 aliphatic heterocycles. The molecular weight excluding hydrogens is 268 g/mol. The summed E-state index contributed by atoms with van der Waals surface area (Å²) in [7, 11) is 0. The molecule has 1 heterocycles. The summed E-state index contributed by atoms with van der Waals surface area (Å²) in [5.74, 6) is 0. The molecule has 0 saturated heterocycles. The van der Waals surface area contributed by atoms with Crippen molar-refractivity contribution >= 4 is 6.09 Å². The second-order valence-electron chi connectivity index (χ2n) is 6.28. The van der Waals surface area contributed by atoms with Crippen LogP contribution in [0.4, 0.5) is 4.79 Å². The molecule has 1 aromatic heterocycles. The number of ether oxygens (including phenoxy) is 1. The Morgan fingerprint density at radius 1 is 1.43 bits per heavy atom. The van der Waals surface area contributed by atoms with Crippen LogP contribution < -0.4 is 5.32 Å². The largest absolute Gasteiger partial charge is 0.444 e. The number of nitrogens with zero attached hydrogens (tertiary/aromatic N) is 3. The fraction of sp³-hybridized carbons (Fsp3) is 0.667. The standard InChI is InChI=1S/C15H24N4O2/c1-15(2,3)21-14(20)19(13-4-5-13)9-8-17-11-12-10-16-6-7-18-12/h6-7,10,13,17H,4-5,8-9,11H2,1-3H3. The van der Waals surface area contributed by atoms with Gasteiger partial charge >= 0.3 is 6.09 Å². The Bertz CT molecular complexity index is 454. The van der Waals surface area contributed by atoms with Crippen LogP contribution in [0.1, 0.15) is 39.3 Å². The molecule has 0 aromatic carbocycles. The molecule has 0 atom stereocenters. The maximum atomic E-state index is 12.2. The predicted octanol–water partition coefficient (Wildman–Crippen LogP) is 1.97. The number of hydrogen-bond donors (Lipinski definition) is 1. The highest BCUT2D eigenvalue weighted by Gasteiger charge is 2.34. The lowest BCUT2D eigenvalue weighted by atomic mass is 10.2. The summed E-state index contributed by atoms with van der Waals surface area (Å²) in [5, 5.41) is 3.28. The van der Waals surface area contributed by atoms with Gasteiger partial charge in [-0.2, -0.15) is 0 Å². The third-order valence-electron chi connectivity index (χ3n) is 3.07. The van der Waals surface area contributed by atoms with Crippen LogP contribution in [0.15, 0.2) is 18.6 Å². The lowest BCUT2D eigenvalue weighted by Crippen LogP contribution is -2.41. The Hall–Kier alpha value is -1.69. The van der Waals surface area contributed by atoms with Gasteiger partial charge in [0.25, 0.3) is 0 Å². The average molecular weight is 292 g/mol. The van der Waals surface area contributed by atoms with Crippen molar-refractivity contribution in [3.05, 3.63) is 24.3 Å². The fourth-order valence-electron chi connectivity index (χ4n) is 1.97. The number of carbonyl (C=O) groups is 1. The number of nitrogens with one attached hydrogen (secondary N) is 1. The topological polar surface area (TPSA) is 67.3 Å². The second kappa shape index (κ2) is 6.85. The van der Waals surface area contributed by atoms with Crippen LogP contribution in [-0.2, 0) is 11.3 Å². The van der Waals surface area contributed by atoms with E-state index in [0.29, 0.717) is 25.7 Å². The fourth-order valence-corrected chi connectivity index (χ4v) is 1.97. The lowest BCUT2D eigenvalue weighted by Gasteiger charge is -2.27. The molecule has 6 heteroatoms. The van der Waals surface area contributed by atoms with Crippen LogP contribution in [0.3, 0.4) is 0 Å². The first kappa shape index (κ1) is 15.7. The molecule has 21 heavy (non-hydrogen) atoms. The highest BCUT2D eigenvalue weighted by Crippen LogP contribution is 2.27. The monoisotopic (exact) mass is 292 g/mol. The van der Waals surface area contributed by atoms with Crippen molar-refractivity contribution in [1.29, 1.82) is 0 Å². The van der Waals surface area contributed by atoms with Crippen LogP contribution in [-0.4, -0.2) is 45.7 Å². The van der Waals surface area contributed by atoms with Crippen LogP contribution in [0.25, 0.3) is 0 Å². The summed E-state index contributed by atoms with van der Waals surface area (Å²) in [5.41, 5.74) is 0.449. The van der Waals surface area contributed by atoms with Gasteiger partial charge in [0, 0.05) is 44.3 Å². The van der Waals surface area contributed by atoms with Crippen molar-refractivity contribution in [2.24, 2.45) is 0 Å². The predicted molar refractivity (Wildman–Crippen MR) is 79.7 cm³/mol. The maximum absolute atomic E-state index is 12.2. The molecule has 1 aliphatic rings. The van der Waals surface area contributed by atoms with Crippen molar-refractivity contribution in [2.75, 3.05) is 13.1 Å². The van der Waals surface area contributed by atoms with Crippen molar-refractivity contribution in [3.63, 3.8) is 0 Å². The quantitative estimate of drug-likeness (QED) is 0.812. The molecular formula is C15H24N4O2. The van der Waals surface area contributed by atoms with E-state index in [0.717, 1.165) is 18.5 Å². The molecule has 116 valence electrons. The summed E-state index contributed by atoms with van der Waals surface area (Å²) in [6, 6.07) is 0.346. The Kier molecular flexibility index (Phi) is 5.12. The van der Waals surface area contributed by atoms with Gasteiger partial charge in [0.15, 0.2) is 0 Å². The zero-order valence-corrected chi connectivity index (χ0v) is 13.0. The molecule has 0 spiro atoms. The van der Waals surface area contributed by atoms with Crippen molar-refractivity contribution in [3.8, 4) is 0 Å². The zero-order valence-electron chi connectivity index (χ0n) is 13.0. The van der Waals surface area contributed by atoms with E-state index >= 15 is 0 Å². The minimum Gasteiger partial charge on any atom is -0.444 e. The van der Waals surface area contributed by atoms with Gasteiger partial charge < -0.3 is 15.0 Å². The SMILES string of the molecule is CC(C)(C)OC(=O)N(CCNCc1cnccn1)C1CC1. The molecule has 2 rings (SSSR count). The lowest BCUT2D eigenvalue weighted by molar-refractivity contribution is 0.0236. The van der Waals surface area contributed by atoms with Gasteiger partial charge in [0.1, 0.15) is 5.60 Å². The Labute approximate surface area is 125 Å². The third-order valence-corrected chi connectivity index (χ3v) is 3.07. The Balaban J connectivity index is 1.74. The summed E-state index contributed by atoms with van der Waals surface area (Å²) in [6.45, 7) is 7.69. The average Bonchev–Trinajstić information content (AvgIpc) is 3.22. The highest BCUT2D eigenvalue weighted by atomic mass is 16.6. The Morgan fingerprint density at radius 3 is 2.76 bits per heavy atom. The Morgan fingerprint density at radius 2 is 2.19 bits per heavy atom.